The van der Waals surface area contributed by atoms with E-state index in [-0.39, 0.29) is 5.54 Å². The van der Waals surface area contributed by atoms with Gasteiger partial charge in [-0.2, -0.15) is 12.7 Å². The van der Waals surface area contributed by atoms with Gasteiger partial charge in [-0.25, -0.2) is 4.72 Å². The zero-order chi connectivity index (χ0) is 15.5. The number of piperidine rings is 2. The van der Waals surface area contributed by atoms with Gasteiger partial charge in [-0.3, -0.25) is 4.90 Å². The molecule has 2 rings (SSSR count). The first-order valence-electron chi connectivity index (χ1n) is 8.31. The highest BCUT2D eigenvalue weighted by Crippen LogP contribution is 2.23. The van der Waals surface area contributed by atoms with Crippen LogP contribution in [0, 0.1) is 5.92 Å². The average Bonchev–Trinajstić information content (AvgIpc) is 2.46. The van der Waals surface area contributed by atoms with Crippen LogP contribution in [0.1, 0.15) is 52.9 Å². The van der Waals surface area contributed by atoms with E-state index < -0.39 is 10.2 Å². The fraction of sp³-hybridized carbons (Fsp3) is 1.00. The van der Waals surface area contributed by atoms with Gasteiger partial charge in [0.1, 0.15) is 0 Å². The van der Waals surface area contributed by atoms with E-state index in [1.54, 1.807) is 4.31 Å². The lowest BCUT2D eigenvalue weighted by atomic mass is 9.94. The highest BCUT2D eigenvalue weighted by molar-refractivity contribution is 7.87. The Morgan fingerprint density at radius 1 is 1.10 bits per heavy atom. The van der Waals surface area contributed by atoms with Crippen LogP contribution in [-0.2, 0) is 10.2 Å². The topological polar surface area (TPSA) is 52.7 Å². The summed E-state index contributed by atoms with van der Waals surface area (Å²) in [4.78, 5) is 2.43. The molecule has 2 saturated heterocycles. The van der Waals surface area contributed by atoms with Crippen molar-refractivity contribution >= 4 is 10.2 Å². The second-order valence-corrected chi connectivity index (χ2v) is 9.05. The van der Waals surface area contributed by atoms with Crippen molar-refractivity contribution in [2.75, 3.05) is 32.7 Å². The predicted molar refractivity (Wildman–Crippen MR) is 86.4 cm³/mol. The number of nitrogens with one attached hydrogen (secondary N) is 1. The van der Waals surface area contributed by atoms with E-state index in [0.717, 1.165) is 32.4 Å². The Labute approximate surface area is 130 Å². The van der Waals surface area contributed by atoms with E-state index >= 15 is 0 Å². The van der Waals surface area contributed by atoms with Gasteiger partial charge in [-0.1, -0.05) is 13.3 Å². The molecule has 2 heterocycles. The molecule has 0 bridgehead atoms. The Balaban J connectivity index is 1.90. The van der Waals surface area contributed by atoms with Crippen molar-refractivity contribution in [2.45, 2.75) is 58.4 Å². The molecule has 1 N–H and O–H groups in total. The second-order valence-electron chi connectivity index (χ2n) is 7.29. The first-order valence-corrected chi connectivity index (χ1v) is 9.75. The molecular formula is C15H31N3O2S. The normalized spacial score (nSPS) is 26.9. The Hall–Kier alpha value is -0.170. The van der Waals surface area contributed by atoms with Crippen molar-refractivity contribution < 1.29 is 8.42 Å². The minimum atomic E-state index is -3.31. The Kier molecular flexibility index (Phi) is 5.68. The summed E-state index contributed by atoms with van der Waals surface area (Å²) in [6.07, 6.45) is 5.60. The molecule has 0 spiro atoms. The number of hydrogen-bond acceptors (Lipinski definition) is 3. The van der Waals surface area contributed by atoms with E-state index in [0.29, 0.717) is 25.6 Å². The monoisotopic (exact) mass is 317 g/mol. The van der Waals surface area contributed by atoms with Crippen LogP contribution in [0.5, 0.6) is 0 Å². The standard InChI is InChI=1S/C15H31N3O2S/c1-14-8-7-9-17(12-14)15(2,3)13-16-21(19,20)18-10-5-4-6-11-18/h14,16H,4-13H2,1-3H3. The second kappa shape index (κ2) is 6.94. The van der Waals surface area contributed by atoms with Crippen molar-refractivity contribution in [1.82, 2.24) is 13.9 Å². The lowest BCUT2D eigenvalue weighted by Crippen LogP contribution is -2.56. The zero-order valence-corrected chi connectivity index (χ0v) is 14.6. The molecule has 0 aromatic heterocycles. The van der Waals surface area contributed by atoms with Gasteiger partial charge in [-0.15, -0.1) is 0 Å². The van der Waals surface area contributed by atoms with Crippen LogP contribution in [0.3, 0.4) is 0 Å². The summed E-state index contributed by atoms with van der Waals surface area (Å²) in [7, 11) is -3.31. The first kappa shape index (κ1) is 17.2. The van der Waals surface area contributed by atoms with Gasteiger partial charge in [0.2, 0.25) is 0 Å². The third-order valence-electron chi connectivity index (χ3n) is 4.86. The molecule has 1 atom stereocenters. The smallest absolute Gasteiger partial charge is 0.279 e. The SMILES string of the molecule is CC1CCCN(C(C)(C)CNS(=O)(=O)N2CCCCC2)C1. The molecule has 124 valence electrons. The van der Waals surface area contributed by atoms with Crippen molar-refractivity contribution in [3.63, 3.8) is 0 Å². The van der Waals surface area contributed by atoms with Crippen LogP contribution in [-0.4, -0.2) is 55.9 Å². The molecule has 0 amide bonds. The molecule has 6 heteroatoms. The lowest BCUT2D eigenvalue weighted by molar-refractivity contribution is 0.0743. The summed E-state index contributed by atoms with van der Waals surface area (Å²) in [6, 6.07) is 0. The third kappa shape index (κ3) is 4.65. The first-order chi connectivity index (χ1) is 9.81. The van der Waals surface area contributed by atoms with Crippen molar-refractivity contribution in [3.05, 3.63) is 0 Å². The molecule has 0 aromatic rings. The molecule has 2 aliphatic heterocycles. The molecule has 1 unspecified atom stereocenters. The van der Waals surface area contributed by atoms with E-state index in [1.807, 2.05) is 0 Å². The molecule has 0 aromatic carbocycles. The lowest BCUT2D eigenvalue weighted by Gasteiger charge is -2.43. The van der Waals surface area contributed by atoms with Crippen molar-refractivity contribution in [3.8, 4) is 0 Å². The predicted octanol–water partition coefficient (Wildman–Crippen LogP) is 1.82. The molecule has 2 aliphatic rings. The molecule has 0 aliphatic carbocycles. The van der Waals surface area contributed by atoms with Gasteiger partial charge in [0.25, 0.3) is 10.2 Å². The van der Waals surface area contributed by atoms with Gasteiger partial charge < -0.3 is 0 Å². The Morgan fingerprint density at radius 2 is 1.76 bits per heavy atom. The van der Waals surface area contributed by atoms with Crippen molar-refractivity contribution in [2.24, 2.45) is 5.92 Å². The summed E-state index contributed by atoms with van der Waals surface area (Å²) in [6.45, 7) is 10.5. The Morgan fingerprint density at radius 3 is 2.38 bits per heavy atom. The minimum absolute atomic E-state index is 0.127. The van der Waals surface area contributed by atoms with Crippen LogP contribution in [0.15, 0.2) is 0 Å². The third-order valence-corrected chi connectivity index (χ3v) is 6.41. The fourth-order valence-electron chi connectivity index (χ4n) is 3.32. The quantitative estimate of drug-likeness (QED) is 0.841. The van der Waals surface area contributed by atoms with Gasteiger partial charge in [0.15, 0.2) is 0 Å². The number of rotatable bonds is 5. The van der Waals surface area contributed by atoms with Gasteiger partial charge in [0, 0.05) is 31.7 Å². The van der Waals surface area contributed by atoms with Crippen LogP contribution < -0.4 is 4.72 Å². The highest BCUT2D eigenvalue weighted by atomic mass is 32.2. The maximum absolute atomic E-state index is 12.4. The minimum Gasteiger partial charge on any atom is -0.297 e. The summed E-state index contributed by atoms with van der Waals surface area (Å²) in [5.41, 5.74) is -0.127. The molecule has 0 saturated carbocycles. The zero-order valence-electron chi connectivity index (χ0n) is 13.8. The maximum atomic E-state index is 12.4. The fourth-order valence-corrected chi connectivity index (χ4v) is 4.77. The summed E-state index contributed by atoms with van der Waals surface area (Å²) in [5.74, 6) is 0.705. The molecular weight excluding hydrogens is 286 g/mol. The van der Waals surface area contributed by atoms with Crippen LogP contribution >= 0.6 is 0 Å². The summed E-state index contributed by atoms with van der Waals surface area (Å²) < 4.78 is 29.2. The van der Waals surface area contributed by atoms with E-state index in [9.17, 15) is 8.42 Å². The number of hydrogen-bond donors (Lipinski definition) is 1. The van der Waals surface area contributed by atoms with Crippen LogP contribution in [0.2, 0.25) is 0 Å². The number of likely N-dealkylation sites (tertiary alicyclic amines) is 1. The van der Waals surface area contributed by atoms with Crippen LogP contribution in [0.4, 0.5) is 0 Å². The molecule has 21 heavy (non-hydrogen) atoms. The van der Waals surface area contributed by atoms with E-state index in [2.05, 4.69) is 30.4 Å². The van der Waals surface area contributed by atoms with Gasteiger partial charge in [0.05, 0.1) is 0 Å². The molecule has 5 nitrogen and oxygen atoms in total. The Bertz CT molecular complexity index is 430. The van der Waals surface area contributed by atoms with Crippen molar-refractivity contribution in [1.29, 1.82) is 0 Å². The summed E-state index contributed by atoms with van der Waals surface area (Å²) in [5, 5.41) is 0. The molecule has 0 radical (unpaired) electrons. The van der Waals surface area contributed by atoms with Gasteiger partial charge in [-0.05, 0) is 52.0 Å². The van der Waals surface area contributed by atoms with Gasteiger partial charge >= 0.3 is 0 Å². The highest BCUT2D eigenvalue weighted by Gasteiger charge is 2.32. The number of nitrogens with zero attached hydrogens (tertiary/aromatic N) is 2. The molecule has 2 fully saturated rings. The van der Waals surface area contributed by atoms with E-state index in [4.69, 9.17) is 0 Å². The van der Waals surface area contributed by atoms with E-state index in [1.165, 1.54) is 12.8 Å². The summed E-state index contributed by atoms with van der Waals surface area (Å²) >= 11 is 0. The average molecular weight is 317 g/mol. The maximum Gasteiger partial charge on any atom is 0.279 e. The van der Waals surface area contributed by atoms with Crippen LogP contribution in [0.25, 0.3) is 0 Å². The largest absolute Gasteiger partial charge is 0.297 e.